The summed E-state index contributed by atoms with van der Waals surface area (Å²) in [6.45, 7) is 1.84. The van der Waals surface area contributed by atoms with Crippen molar-refractivity contribution in [3.8, 4) is 11.5 Å². The number of carbonyl (C=O) groups is 1. The maximum Gasteiger partial charge on any atom is 0.254 e. The third kappa shape index (κ3) is 3.58. The first-order valence-electron chi connectivity index (χ1n) is 8.13. The van der Waals surface area contributed by atoms with E-state index in [0.717, 1.165) is 5.56 Å². The number of hydrogen-bond donors (Lipinski definition) is 1. The number of methoxy groups -OCH3 is 2. The van der Waals surface area contributed by atoms with Crippen molar-refractivity contribution in [1.82, 2.24) is 10.2 Å². The molecule has 1 saturated heterocycles. The van der Waals surface area contributed by atoms with Gasteiger partial charge in [0.2, 0.25) is 0 Å². The highest BCUT2D eigenvalue weighted by molar-refractivity contribution is 5.95. The predicted octanol–water partition coefficient (Wildman–Crippen LogP) is 2.63. The van der Waals surface area contributed by atoms with E-state index in [4.69, 9.17) is 9.47 Å². The lowest BCUT2D eigenvalue weighted by Gasteiger charge is -2.36. The molecule has 0 saturated carbocycles. The molecule has 1 fully saturated rings. The van der Waals surface area contributed by atoms with Crippen LogP contribution in [-0.4, -0.2) is 44.7 Å². The second-order valence-corrected chi connectivity index (χ2v) is 5.84. The average Bonchev–Trinajstić information content (AvgIpc) is 2.66. The van der Waals surface area contributed by atoms with Crippen LogP contribution in [-0.2, 0) is 0 Å². The van der Waals surface area contributed by atoms with Crippen LogP contribution >= 0.6 is 0 Å². The predicted molar refractivity (Wildman–Crippen MR) is 92.6 cm³/mol. The highest BCUT2D eigenvalue weighted by Gasteiger charge is 2.29. The minimum Gasteiger partial charge on any atom is -0.493 e. The van der Waals surface area contributed by atoms with Crippen LogP contribution in [0, 0.1) is 5.82 Å². The Balaban J connectivity index is 1.91. The van der Waals surface area contributed by atoms with Crippen molar-refractivity contribution in [2.75, 3.05) is 33.9 Å². The van der Waals surface area contributed by atoms with Gasteiger partial charge in [-0.3, -0.25) is 4.79 Å². The summed E-state index contributed by atoms with van der Waals surface area (Å²) >= 11 is 0. The molecule has 1 amide bonds. The van der Waals surface area contributed by atoms with Gasteiger partial charge in [0.1, 0.15) is 5.82 Å². The van der Waals surface area contributed by atoms with Gasteiger partial charge in [-0.15, -0.1) is 0 Å². The van der Waals surface area contributed by atoms with Crippen LogP contribution in [0.2, 0.25) is 0 Å². The first kappa shape index (κ1) is 17.2. The van der Waals surface area contributed by atoms with Crippen LogP contribution in [0.4, 0.5) is 4.39 Å². The number of piperazine rings is 1. The van der Waals surface area contributed by atoms with Crippen molar-refractivity contribution >= 4 is 5.91 Å². The molecule has 1 aliphatic heterocycles. The van der Waals surface area contributed by atoms with E-state index in [-0.39, 0.29) is 17.8 Å². The molecule has 1 heterocycles. The normalized spacial score (nSPS) is 17.2. The van der Waals surface area contributed by atoms with Gasteiger partial charge in [-0.2, -0.15) is 0 Å². The largest absolute Gasteiger partial charge is 0.493 e. The Morgan fingerprint density at radius 1 is 1.16 bits per heavy atom. The number of nitrogens with zero attached hydrogens (tertiary/aromatic N) is 1. The van der Waals surface area contributed by atoms with E-state index in [2.05, 4.69) is 5.32 Å². The van der Waals surface area contributed by atoms with Gasteiger partial charge >= 0.3 is 0 Å². The molecule has 25 heavy (non-hydrogen) atoms. The van der Waals surface area contributed by atoms with E-state index in [1.54, 1.807) is 36.3 Å². The third-order valence-electron chi connectivity index (χ3n) is 4.37. The molecule has 0 spiro atoms. The number of nitrogens with one attached hydrogen (secondary N) is 1. The Hall–Kier alpha value is -2.60. The molecule has 0 bridgehead atoms. The van der Waals surface area contributed by atoms with Crippen molar-refractivity contribution in [1.29, 1.82) is 0 Å². The van der Waals surface area contributed by atoms with Gasteiger partial charge < -0.3 is 19.7 Å². The van der Waals surface area contributed by atoms with Gasteiger partial charge in [0.25, 0.3) is 5.91 Å². The van der Waals surface area contributed by atoms with E-state index in [0.29, 0.717) is 36.7 Å². The summed E-state index contributed by atoms with van der Waals surface area (Å²) in [5.74, 6) is 0.658. The summed E-state index contributed by atoms with van der Waals surface area (Å²) in [6.07, 6.45) is 0. The molecule has 0 aliphatic carbocycles. The smallest absolute Gasteiger partial charge is 0.254 e. The quantitative estimate of drug-likeness (QED) is 0.926. The summed E-state index contributed by atoms with van der Waals surface area (Å²) in [4.78, 5) is 14.8. The lowest BCUT2D eigenvalue weighted by Crippen LogP contribution is -2.48. The summed E-state index contributed by atoms with van der Waals surface area (Å²) in [5.41, 5.74) is 1.29. The number of benzene rings is 2. The maximum atomic E-state index is 13.6. The molecule has 6 heteroatoms. The fourth-order valence-corrected chi connectivity index (χ4v) is 3.09. The Labute approximate surface area is 146 Å². The Morgan fingerprint density at radius 2 is 1.96 bits per heavy atom. The van der Waals surface area contributed by atoms with Crippen molar-refractivity contribution in [2.24, 2.45) is 0 Å². The summed E-state index contributed by atoms with van der Waals surface area (Å²) in [7, 11) is 3.09. The van der Waals surface area contributed by atoms with Crippen LogP contribution in [0.5, 0.6) is 11.5 Å². The third-order valence-corrected chi connectivity index (χ3v) is 4.37. The summed E-state index contributed by atoms with van der Waals surface area (Å²) in [5, 5.41) is 3.27. The zero-order valence-corrected chi connectivity index (χ0v) is 14.3. The van der Waals surface area contributed by atoms with Crippen molar-refractivity contribution in [3.05, 3.63) is 59.4 Å². The van der Waals surface area contributed by atoms with Crippen LogP contribution in [0.3, 0.4) is 0 Å². The molecule has 2 aromatic carbocycles. The van der Waals surface area contributed by atoms with Crippen LogP contribution in [0.1, 0.15) is 22.0 Å². The lowest BCUT2D eigenvalue weighted by molar-refractivity contribution is 0.0633. The molecule has 5 nitrogen and oxygen atoms in total. The zero-order valence-electron chi connectivity index (χ0n) is 14.3. The molecular weight excluding hydrogens is 323 g/mol. The maximum absolute atomic E-state index is 13.6. The summed E-state index contributed by atoms with van der Waals surface area (Å²) in [6, 6.07) is 11.3. The first-order chi connectivity index (χ1) is 12.1. The lowest BCUT2D eigenvalue weighted by atomic mass is 10.0. The first-order valence-corrected chi connectivity index (χ1v) is 8.13. The van der Waals surface area contributed by atoms with Gasteiger partial charge in [-0.25, -0.2) is 4.39 Å². The monoisotopic (exact) mass is 344 g/mol. The van der Waals surface area contributed by atoms with E-state index >= 15 is 0 Å². The molecule has 1 N–H and O–H groups in total. The molecule has 1 aliphatic rings. The second kappa shape index (κ2) is 7.53. The fraction of sp³-hybridized carbons (Fsp3) is 0.316. The number of ether oxygens (including phenoxy) is 2. The summed E-state index contributed by atoms with van der Waals surface area (Å²) < 4.78 is 24.1. The Morgan fingerprint density at radius 3 is 2.68 bits per heavy atom. The molecular formula is C19H21FN2O3. The van der Waals surface area contributed by atoms with Crippen molar-refractivity contribution in [3.63, 3.8) is 0 Å². The van der Waals surface area contributed by atoms with Gasteiger partial charge in [0, 0.05) is 25.2 Å². The number of amides is 1. The van der Waals surface area contributed by atoms with Crippen molar-refractivity contribution in [2.45, 2.75) is 6.04 Å². The molecule has 0 radical (unpaired) electrons. The molecule has 0 aromatic heterocycles. The van der Waals surface area contributed by atoms with Crippen molar-refractivity contribution < 1.29 is 18.7 Å². The SMILES string of the molecule is COc1ccc(C(=O)N2CCNCC2c2cccc(F)c2)cc1OC. The van der Waals surface area contributed by atoms with Crippen LogP contribution in [0.25, 0.3) is 0 Å². The number of carbonyl (C=O) groups excluding carboxylic acids is 1. The standard InChI is InChI=1S/C19H21FN2O3/c1-24-17-7-6-14(11-18(17)25-2)19(23)22-9-8-21-12-16(22)13-4-3-5-15(20)10-13/h3-7,10-11,16,21H,8-9,12H2,1-2H3. The van der Waals surface area contributed by atoms with Gasteiger partial charge in [0.05, 0.1) is 20.3 Å². The van der Waals surface area contributed by atoms with Crippen LogP contribution < -0.4 is 14.8 Å². The minimum absolute atomic E-state index is 0.114. The molecule has 3 rings (SSSR count). The van der Waals surface area contributed by atoms with E-state index in [1.807, 2.05) is 6.07 Å². The number of hydrogen-bond acceptors (Lipinski definition) is 4. The average molecular weight is 344 g/mol. The second-order valence-electron chi connectivity index (χ2n) is 5.84. The van der Waals surface area contributed by atoms with Gasteiger partial charge in [0.15, 0.2) is 11.5 Å². The topological polar surface area (TPSA) is 50.8 Å². The molecule has 132 valence electrons. The number of halogens is 1. The van der Waals surface area contributed by atoms with Gasteiger partial charge in [-0.05, 0) is 35.9 Å². The molecule has 1 atom stereocenters. The Kier molecular flexibility index (Phi) is 5.19. The molecule has 2 aromatic rings. The number of rotatable bonds is 4. The highest BCUT2D eigenvalue weighted by Crippen LogP contribution is 2.30. The molecule has 1 unspecified atom stereocenters. The van der Waals surface area contributed by atoms with Gasteiger partial charge in [-0.1, -0.05) is 12.1 Å². The Bertz CT molecular complexity index is 766. The van der Waals surface area contributed by atoms with E-state index in [1.165, 1.54) is 19.2 Å². The zero-order chi connectivity index (χ0) is 17.8. The highest BCUT2D eigenvalue weighted by atomic mass is 19.1. The van der Waals surface area contributed by atoms with Crippen LogP contribution in [0.15, 0.2) is 42.5 Å². The van der Waals surface area contributed by atoms with E-state index < -0.39 is 0 Å². The van der Waals surface area contributed by atoms with E-state index in [9.17, 15) is 9.18 Å². The minimum atomic E-state index is -0.304. The fourth-order valence-electron chi connectivity index (χ4n) is 3.09.